The van der Waals surface area contributed by atoms with Crippen LogP contribution in [-0.2, 0) is 23.9 Å². The lowest BCUT2D eigenvalue weighted by molar-refractivity contribution is -0.414. The maximum Gasteiger partial charge on any atom is 0.430 e. The Kier molecular flexibility index (Phi) is 9.08. The van der Waals surface area contributed by atoms with Crippen molar-refractivity contribution in [1.29, 1.82) is 0 Å². The molecule has 2 rings (SSSR count). The number of carbonyl (C=O) groups is 4. The van der Waals surface area contributed by atoms with Crippen molar-refractivity contribution >= 4 is 23.8 Å². The molecule has 0 unspecified atom stereocenters. The second-order valence-electron chi connectivity index (χ2n) is 6.89. The number of quaternary nitrogens is 1. The number of nitrogens with one attached hydrogen (secondary N) is 2. The number of alkyl halides is 3. The van der Waals surface area contributed by atoms with Crippen LogP contribution in [0.3, 0.4) is 0 Å². The lowest BCUT2D eigenvalue weighted by Gasteiger charge is -2.33. The van der Waals surface area contributed by atoms with Crippen molar-refractivity contribution in [3.05, 3.63) is 11.8 Å². The van der Waals surface area contributed by atoms with Crippen LogP contribution in [0.1, 0.15) is 39.0 Å². The van der Waals surface area contributed by atoms with Crippen LogP contribution in [0.4, 0.5) is 13.2 Å². The Bertz CT molecular complexity index is 691. The largest absolute Gasteiger partial charge is 0.542 e. The second-order valence-corrected chi connectivity index (χ2v) is 6.89. The van der Waals surface area contributed by atoms with Crippen LogP contribution in [0, 0.1) is 0 Å². The standard InChI is InChI=1S/C15H23N3O5.C2HF3O2/c1-8(19)17-12-10(16)7-11(15(21)22)23-13(12)14(20)18-9-5-3-2-4-6-9;3-2(4,5)1(6)7/h7,9-10,12-13H,2-6,16H2,1H3,(H,17,19)(H,18,20)(H,21,22);(H,6,7)/t10-,12+,13+;/m0./s1. The van der Waals surface area contributed by atoms with Gasteiger partial charge in [0.1, 0.15) is 18.1 Å². The van der Waals surface area contributed by atoms with Gasteiger partial charge in [-0.2, -0.15) is 13.2 Å². The highest BCUT2D eigenvalue weighted by Gasteiger charge is 2.42. The van der Waals surface area contributed by atoms with Crippen LogP contribution < -0.4 is 21.5 Å². The maximum atomic E-state index is 12.5. The normalized spacial score (nSPS) is 24.3. The van der Waals surface area contributed by atoms with Crippen LogP contribution in [0.25, 0.3) is 0 Å². The summed E-state index contributed by atoms with van der Waals surface area (Å²) >= 11 is 0. The summed E-state index contributed by atoms with van der Waals surface area (Å²) in [6.45, 7) is 1.33. The molecule has 10 nitrogen and oxygen atoms in total. The molecule has 13 heteroatoms. The zero-order chi connectivity index (χ0) is 23.1. The number of halogens is 3. The minimum atomic E-state index is -5.19. The maximum absolute atomic E-state index is 12.5. The Morgan fingerprint density at radius 2 is 1.70 bits per heavy atom. The van der Waals surface area contributed by atoms with Crippen molar-refractivity contribution in [3.63, 3.8) is 0 Å². The third-order valence-corrected chi connectivity index (χ3v) is 4.43. The highest BCUT2D eigenvalue weighted by molar-refractivity contribution is 5.88. The first-order valence-corrected chi connectivity index (χ1v) is 9.13. The molecule has 0 aromatic carbocycles. The van der Waals surface area contributed by atoms with Crippen LogP contribution in [0.15, 0.2) is 11.8 Å². The van der Waals surface area contributed by atoms with Crippen molar-refractivity contribution in [3.8, 4) is 0 Å². The highest BCUT2D eigenvalue weighted by atomic mass is 19.4. The van der Waals surface area contributed by atoms with Gasteiger partial charge in [0, 0.05) is 19.0 Å². The molecular weight excluding hydrogens is 415 g/mol. The first-order chi connectivity index (χ1) is 13.8. The first-order valence-electron chi connectivity index (χ1n) is 9.13. The van der Waals surface area contributed by atoms with E-state index in [1.165, 1.54) is 13.0 Å². The molecule has 2 aliphatic rings. The van der Waals surface area contributed by atoms with Crippen molar-refractivity contribution in [1.82, 2.24) is 10.6 Å². The second kappa shape index (κ2) is 10.8. The number of hydrogen-bond donors (Lipinski definition) is 4. The van der Waals surface area contributed by atoms with Gasteiger partial charge >= 0.3 is 12.1 Å². The summed E-state index contributed by atoms with van der Waals surface area (Å²) in [5, 5.41) is 23.4. The van der Waals surface area contributed by atoms with Gasteiger partial charge in [-0.05, 0) is 12.8 Å². The van der Waals surface area contributed by atoms with Gasteiger partial charge < -0.3 is 36.1 Å². The van der Waals surface area contributed by atoms with E-state index in [4.69, 9.17) is 19.7 Å². The number of rotatable bonds is 4. The zero-order valence-corrected chi connectivity index (χ0v) is 16.2. The Hall–Kier alpha value is -2.83. The van der Waals surface area contributed by atoms with Crippen molar-refractivity contribution in [2.24, 2.45) is 0 Å². The van der Waals surface area contributed by atoms with E-state index in [0.29, 0.717) is 0 Å². The number of carboxylic acid groups (broad SMARTS) is 2. The number of ether oxygens (including phenoxy) is 1. The summed E-state index contributed by atoms with van der Waals surface area (Å²) in [6, 6.07) is -1.19. The Labute approximate surface area is 169 Å². The van der Waals surface area contributed by atoms with Crippen molar-refractivity contribution in [2.45, 2.75) is 69.4 Å². The minimum Gasteiger partial charge on any atom is -0.542 e. The minimum absolute atomic E-state index is 0.0697. The molecule has 1 heterocycles. The van der Waals surface area contributed by atoms with Crippen molar-refractivity contribution in [2.75, 3.05) is 0 Å². The molecule has 3 atom stereocenters. The number of amides is 2. The van der Waals surface area contributed by atoms with E-state index < -0.39 is 42.2 Å². The number of carbonyl (C=O) groups excluding carboxylic acids is 3. The molecular formula is C17H24F3N3O7. The van der Waals surface area contributed by atoms with Gasteiger partial charge in [0.15, 0.2) is 0 Å². The summed E-state index contributed by atoms with van der Waals surface area (Å²) in [7, 11) is 0. The molecule has 6 N–H and O–H groups in total. The number of hydrogen-bond acceptors (Lipinski definition) is 6. The van der Waals surface area contributed by atoms with Gasteiger partial charge in [-0.15, -0.1) is 0 Å². The van der Waals surface area contributed by atoms with Gasteiger partial charge in [-0.25, -0.2) is 4.79 Å². The molecule has 30 heavy (non-hydrogen) atoms. The molecule has 0 aromatic heterocycles. The lowest BCUT2D eigenvalue weighted by atomic mass is 9.94. The molecule has 2 amide bonds. The van der Waals surface area contributed by atoms with Gasteiger partial charge in [-0.3, -0.25) is 9.59 Å². The van der Waals surface area contributed by atoms with Gasteiger partial charge in [0.25, 0.3) is 5.91 Å². The van der Waals surface area contributed by atoms with E-state index in [1.54, 1.807) is 0 Å². The zero-order valence-electron chi connectivity index (χ0n) is 16.2. The van der Waals surface area contributed by atoms with Gasteiger partial charge in [0.2, 0.25) is 17.8 Å². The summed E-state index contributed by atoms with van der Waals surface area (Å²) in [5.74, 6) is -5.30. The summed E-state index contributed by atoms with van der Waals surface area (Å²) < 4.78 is 36.9. The van der Waals surface area contributed by atoms with E-state index in [0.717, 1.165) is 32.1 Å². The highest BCUT2D eigenvalue weighted by Crippen LogP contribution is 2.20. The van der Waals surface area contributed by atoms with Crippen LogP contribution in [-0.4, -0.2) is 59.3 Å². The van der Waals surface area contributed by atoms with E-state index in [1.807, 2.05) is 0 Å². The van der Waals surface area contributed by atoms with E-state index in [-0.39, 0.29) is 17.7 Å². The smallest absolute Gasteiger partial charge is 0.430 e. The van der Waals surface area contributed by atoms with Gasteiger partial charge in [0.05, 0.1) is 0 Å². The topological polar surface area (TPSA) is 172 Å². The molecule has 1 saturated carbocycles. The summed E-state index contributed by atoms with van der Waals surface area (Å²) in [5.41, 5.74) is 3.83. The predicted octanol–water partition coefficient (Wildman–Crippen LogP) is -1.78. The predicted molar refractivity (Wildman–Crippen MR) is 91.0 cm³/mol. The summed E-state index contributed by atoms with van der Waals surface area (Å²) in [6.07, 6.45) is 0.103. The Morgan fingerprint density at radius 3 is 2.13 bits per heavy atom. The molecule has 0 spiro atoms. The van der Waals surface area contributed by atoms with E-state index in [2.05, 4.69) is 16.4 Å². The third kappa shape index (κ3) is 7.89. The molecule has 1 aliphatic heterocycles. The van der Waals surface area contributed by atoms with Crippen LogP contribution in [0.5, 0.6) is 0 Å². The van der Waals surface area contributed by atoms with E-state index in [9.17, 15) is 27.6 Å². The molecule has 0 aromatic rings. The quantitative estimate of drug-likeness (QED) is 0.401. The lowest BCUT2D eigenvalue weighted by Crippen LogP contribution is -2.74. The average Bonchev–Trinajstić information content (AvgIpc) is 2.63. The fourth-order valence-corrected chi connectivity index (χ4v) is 3.06. The SMILES string of the molecule is CC(=O)N[C@@H]1[C@@H]([NH3+])C=C(C(=O)O)O[C@H]1C(=O)NC1CCCCC1.O=C([O-])C(F)(F)F. The molecule has 0 saturated heterocycles. The fraction of sp³-hybridized carbons (Fsp3) is 0.647. The first kappa shape index (κ1) is 25.2. The Morgan fingerprint density at radius 1 is 1.17 bits per heavy atom. The van der Waals surface area contributed by atoms with Crippen molar-refractivity contribution < 1.29 is 53.0 Å². The average molecular weight is 439 g/mol. The summed E-state index contributed by atoms with van der Waals surface area (Å²) in [4.78, 5) is 43.8. The van der Waals surface area contributed by atoms with Crippen LogP contribution >= 0.6 is 0 Å². The number of carboxylic acids is 2. The Balaban J connectivity index is 0.000000553. The fourth-order valence-electron chi connectivity index (χ4n) is 3.06. The molecule has 0 bridgehead atoms. The van der Waals surface area contributed by atoms with Gasteiger partial charge in [-0.1, -0.05) is 19.3 Å². The van der Waals surface area contributed by atoms with E-state index >= 15 is 0 Å². The molecule has 0 radical (unpaired) electrons. The van der Waals surface area contributed by atoms with Crippen LogP contribution in [0.2, 0.25) is 0 Å². The molecule has 1 aliphatic carbocycles. The monoisotopic (exact) mass is 439 g/mol. The molecule has 1 fully saturated rings. The molecule has 170 valence electrons. The third-order valence-electron chi connectivity index (χ3n) is 4.43. The number of aliphatic carboxylic acids is 2.